The number of urea groups is 1. The van der Waals surface area contributed by atoms with Crippen LogP contribution in [0, 0.1) is 0 Å². The number of carbonyl (C=O) groups is 3. The highest BCUT2D eigenvalue weighted by molar-refractivity contribution is 5.95. The lowest BCUT2D eigenvalue weighted by atomic mass is 10.0. The normalized spacial score (nSPS) is 15.6. The molecule has 0 radical (unpaired) electrons. The molecule has 26 heavy (non-hydrogen) atoms. The predicted octanol–water partition coefficient (Wildman–Crippen LogP) is 0.493. The lowest BCUT2D eigenvalue weighted by Crippen LogP contribution is -2.49. The smallest absolute Gasteiger partial charge is 0.321 e. The number of hydrogen-bond acceptors (Lipinski definition) is 5. The number of hydrogen-bond donors (Lipinski definition) is 3. The average Bonchev–Trinajstić information content (AvgIpc) is 2.61. The van der Waals surface area contributed by atoms with Crippen LogP contribution in [0.5, 0.6) is 0 Å². The minimum atomic E-state index is -0.837. The van der Waals surface area contributed by atoms with Gasteiger partial charge < -0.3 is 10.4 Å². The van der Waals surface area contributed by atoms with E-state index in [1.807, 2.05) is 40.1 Å². The van der Waals surface area contributed by atoms with Crippen LogP contribution in [0.1, 0.15) is 18.4 Å². The van der Waals surface area contributed by atoms with Crippen molar-refractivity contribution in [1.29, 1.82) is 0 Å². The fourth-order valence-electron chi connectivity index (χ4n) is 3.05. The quantitative estimate of drug-likeness (QED) is 0.653. The minimum Gasteiger partial charge on any atom is -0.480 e. The number of amides is 3. The first kappa shape index (κ1) is 19.9. The molecule has 0 aliphatic carbocycles. The van der Waals surface area contributed by atoms with Crippen molar-refractivity contribution in [3.63, 3.8) is 0 Å². The molecule has 3 N–H and O–H groups in total. The number of carbonyl (C=O) groups excluding carboxylic acids is 2. The van der Waals surface area contributed by atoms with Gasteiger partial charge in [-0.1, -0.05) is 30.3 Å². The second-order valence-corrected chi connectivity index (χ2v) is 6.53. The summed E-state index contributed by atoms with van der Waals surface area (Å²) in [6, 6.07) is 9.17. The SMILES string of the molecule is CN(CC(=O)O)C1CCN(CC(=O)NC(=O)NCc2ccccc2)CC1. The Kier molecular flexibility index (Phi) is 7.55. The van der Waals surface area contributed by atoms with E-state index >= 15 is 0 Å². The average molecular weight is 362 g/mol. The van der Waals surface area contributed by atoms with Gasteiger partial charge in [-0.05, 0) is 25.5 Å². The molecule has 1 heterocycles. The molecule has 1 saturated heterocycles. The molecule has 1 aliphatic heterocycles. The van der Waals surface area contributed by atoms with E-state index in [0.717, 1.165) is 18.4 Å². The third kappa shape index (κ3) is 6.81. The van der Waals surface area contributed by atoms with E-state index in [1.165, 1.54) is 0 Å². The lowest BCUT2D eigenvalue weighted by Gasteiger charge is -2.35. The summed E-state index contributed by atoms with van der Waals surface area (Å²) in [6.45, 7) is 1.95. The van der Waals surface area contributed by atoms with Crippen molar-refractivity contribution in [3.05, 3.63) is 35.9 Å². The first-order valence-corrected chi connectivity index (χ1v) is 8.70. The molecular formula is C18H26N4O4. The van der Waals surface area contributed by atoms with Crippen LogP contribution in [0.25, 0.3) is 0 Å². The maximum Gasteiger partial charge on any atom is 0.321 e. The molecule has 2 rings (SSSR count). The van der Waals surface area contributed by atoms with Gasteiger partial charge in [0.1, 0.15) is 0 Å². The molecule has 0 saturated carbocycles. The summed E-state index contributed by atoms with van der Waals surface area (Å²) >= 11 is 0. The summed E-state index contributed by atoms with van der Waals surface area (Å²) in [5, 5.41) is 13.8. The van der Waals surface area contributed by atoms with E-state index in [2.05, 4.69) is 10.6 Å². The molecule has 3 amide bonds. The summed E-state index contributed by atoms with van der Waals surface area (Å²) < 4.78 is 0. The predicted molar refractivity (Wildman–Crippen MR) is 96.5 cm³/mol. The maximum absolute atomic E-state index is 12.0. The van der Waals surface area contributed by atoms with Crippen LogP contribution in [0.2, 0.25) is 0 Å². The highest BCUT2D eigenvalue weighted by atomic mass is 16.4. The Bertz CT molecular complexity index is 615. The molecule has 0 atom stereocenters. The zero-order valence-electron chi connectivity index (χ0n) is 15.0. The van der Waals surface area contributed by atoms with Gasteiger partial charge in [0, 0.05) is 25.7 Å². The Morgan fingerprint density at radius 2 is 1.85 bits per heavy atom. The number of piperidine rings is 1. The first-order valence-electron chi connectivity index (χ1n) is 8.70. The van der Waals surface area contributed by atoms with Gasteiger partial charge in [-0.15, -0.1) is 0 Å². The van der Waals surface area contributed by atoms with Crippen molar-refractivity contribution >= 4 is 17.9 Å². The van der Waals surface area contributed by atoms with Gasteiger partial charge in [0.15, 0.2) is 0 Å². The number of rotatable bonds is 7. The van der Waals surface area contributed by atoms with E-state index in [-0.39, 0.29) is 25.0 Å². The van der Waals surface area contributed by atoms with E-state index < -0.39 is 12.0 Å². The topological polar surface area (TPSA) is 102 Å². The fourth-order valence-corrected chi connectivity index (χ4v) is 3.05. The van der Waals surface area contributed by atoms with Crippen LogP contribution >= 0.6 is 0 Å². The molecule has 142 valence electrons. The third-order valence-corrected chi connectivity index (χ3v) is 4.48. The zero-order valence-corrected chi connectivity index (χ0v) is 15.0. The molecule has 1 aliphatic rings. The molecule has 1 aromatic carbocycles. The van der Waals surface area contributed by atoms with Crippen LogP contribution in [0.4, 0.5) is 4.79 Å². The Morgan fingerprint density at radius 3 is 2.46 bits per heavy atom. The van der Waals surface area contributed by atoms with E-state index in [9.17, 15) is 14.4 Å². The van der Waals surface area contributed by atoms with Gasteiger partial charge in [-0.25, -0.2) is 4.79 Å². The Labute approximate surface area is 153 Å². The van der Waals surface area contributed by atoms with Crippen LogP contribution in [0.15, 0.2) is 30.3 Å². The number of nitrogens with zero attached hydrogens (tertiary/aromatic N) is 2. The van der Waals surface area contributed by atoms with Gasteiger partial charge in [0.2, 0.25) is 5.91 Å². The number of benzene rings is 1. The van der Waals surface area contributed by atoms with Crippen molar-refractivity contribution in [2.24, 2.45) is 0 Å². The molecule has 0 unspecified atom stereocenters. The lowest BCUT2D eigenvalue weighted by molar-refractivity contribution is -0.138. The number of carboxylic acid groups (broad SMARTS) is 1. The molecule has 0 aromatic heterocycles. The first-order chi connectivity index (χ1) is 12.4. The number of imide groups is 1. The molecule has 0 spiro atoms. The van der Waals surface area contributed by atoms with Gasteiger partial charge >= 0.3 is 12.0 Å². The summed E-state index contributed by atoms with van der Waals surface area (Å²) in [6.07, 6.45) is 1.61. The minimum absolute atomic E-state index is 0.0206. The van der Waals surface area contributed by atoms with Gasteiger partial charge in [0.05, 0.1) is 13.1 Å². The van der Waals surface area contributed by atoms with Gasteiger partial charge in [-0.2, -0.15) is 0 Å². The molecule has 1 aromatic rings. The molecule has 8 heteroatoms. The van der Waals surface area contributed by atoms with Crippen LogP contribution < -0.4 is 10.6 Å². The molecule has 8 nitrogen and oxygen atoms in total. The van der Waals surface area contributed by atoms with Crippen molar-refractivity contribution in [2.75, 3.05) is 33.2 Å². The summed E-state index contributed by atoms with van der Waals surface area (Å²) in [7, 11) is 1.80. The molecule has 0 bridgehead atoms. The van der Waals surface area contributed by atoms with Crippen molar-refractivity contribution in [2.45, 2.75) is 25.4 Å². The van der Waals surface area contributed by atoms with Crippen molar-refractivity contribution in [3.8, 4) is 0 Å². The molecular weight excluding hydrogens is 336 g/mol. The van der Waals surface area contributed by atoms with E-state index in [4.69, 9.17) is 5.11 Å². The standard InChI is InChI=1S/C18H26N4O4/c1-21(13-17(24)25)15-7-9-22(10-8-15)12-16(23)20-18(26)19-11-14-5-3-2-4-6-14/h2-6,15H,7-13H2,1H3,(H,24,25)(H2,19,20,23,26). The van der Waals surface area contributed by atoms with E-state index in [0.29, 0.717) is 19.6 Å². The third-order valence-electron chi connectivity index (χ3n) is 4.48. The van der Waals surface area contributed by atoms with Crippen LogP contribution in [-0.2, 0) is 16.1 Å². The monoisotopic (exact) mass is 362 g/mol. The summed E-state index contributed by atoms with van der Waals surface area (Å²) in [5.41, 5.74) is 0.961. The molecule has 1 fully saturated rings. The number of aliphatic carboxylic acids is 1. The maximum atomic E-state index is 12.0. The summed E-state index contributed by atoms with van der Waals surface area (Å²) in [4.78, 5) is 38.4. The second-order valence-electron chi connectivity index (χ2n) is 6.53. The summed E-state index contributed by atoms with van der Waals surface area (Å²) in [5.74, 6) is -1.18. The van der Waals surface area contributed by atoms with Crippen molar-refractivity contribution < 1.29 is 19.5 Å². The number of nitrogens with one attached hydrogen (secondary N) is 2. The van der Waals surface area contributed by atoms with Gasteiger partial charge in [0.25, 0.3) is 0 Å². The highest BCUT2D eigenvalue weighted by Gasteiger charge is 2.24. The Morgan fingerprint density at radius 1 is 1.19 bits per heavy atom. The Hall–Kier alpha value is -2.45. The number of likely N-dealkylation sites (N-methyl/N-ethyl adjacent to an activating group) is 1. The number of likely N-dealkylation sites (tertiary alicyclic amines) is 1. The largest absolute Gasteiger partial charge is 0.480 e. The fraction of sp³-hybridized carbons (Fsp3) is 0.500. The highest BCUT2D eigenvalue weighted by Crippen LogP contribution is 2.14. The zero-order chi connectivity index (χ0) is 18.9. The Balaban J connectivity index is 1.65. The number of carboxylic acids is 1. The van der Waals surface area contributed by atoms with Crippen molar-refractivity contribution in [1.82, 2.24) is 20.4 Å². The van der Waals surface area contributed by atoms with Crippen LogP contribution in [-0.4, -0.2) is 72.1 Å². The second kappa shape index (κ2) is 9.88. The van der Waals surface area contributed by atoms with Crippen LogP contribution in [0.3, 0.4) is 0 Å². The van der Waals surface area contributed by atoms with Gasteiger partial charge in [-0.3, -0.25) is 24.7 Å². The van der Waals surface area contributed by atoms with E-state index in [1.54, 1.807) is 7.05 Å².